The van der Waals surface area contributed by atoms with Gasteiger partial charge in [0.2, 0.25) is 6.73 Å². The van der Waals surface area contributed by atoms with Crippen LogP contribution in [0.15, 0.2) is 6.08 Å². The van der Waals surface area contributed by atoms with Crippen LogP contribution >= 0.6 is 11.7 Å². The summed E-state index contributed by atoms with van der Waals surface area (Å²) in [5, 5.41) is 2.57. The Bertz CT molecular complexity index is 1040. The van der Waals surface area contributed by atoms with Crippen molar-refractivity contribution in [2.45, 2.75) is 111 Å². The van der Waals surface area contributed by atoms with Crippen LogP contribution in [0.25, 0.3) is 5.57 Å². The summed E-state index contributed by atoms with van der Waals surface area (Å²) in [4.78, 5) is 37.9. The number of rotatable bonds is 14. The Kier molecular flexibility index (Phi) is 13.0. The molecule has 2 atom stereocenters. The van der Waals surface area contributed by atoms with E-state index in [1.807, 2.05) is 7.05 Å². The van der Waals surface area contributed by atoms with Crippen LogP contribution in [0.5, 0.6) is 5.88 Å². The molecule has 1 unspecified atom stereocenters. The second kappa shape index (κ2) is 15.5. The van der Waals surface area contributed by atoms with Gasteiger partial charge in [-0.1, -0.05) is 32.3 Å². The van der Waals surface area contributed by atoms with E-state index in [1.54, 1.807) is 41.5 Å². The molecule has 1 N–H and O–H groups in total. The van der Waals surface area contributed by atoms with Crippen molar-refractivity contribution in [1.82, 2.24) is 14.1 Å². The summed E-state index contributed by atoms with van der Waals surface area (Å²) in [6.45, 7) is 14.7. The van der Waals surface area contributed by atoms with E-state index in [1.165, 1.54) is 12.8 Å². The molecular weight excluding hydrogens is 548 g/mol. The Labute approximate surface area is 248 Å². The molecule has 1 amide bonds. The highest BCUT2D eigenvalue weighted by Crippen LogP contribution is 2.30. The lowest BCUT2D eigenvalue weighted by atomic mass is 10.1. The number of alkyl carbamates (subject to hydrolysis) is 1. The van der Waals surface area contributed by atoms with Crippen molar-refractivity contribution in [3.8, 4) is 5.88 Å². The SMILES string of the molecule is CCCCCCOc1nsnc1C1=CCC[N+](C)(COC(=O)[C@H](CCC(=O)OC(C)(C)C)NC(=O)OC(C)(C)C)C1. The molecule has 1 aliphatic rings. The fraction of sp³-hybridized carbons (Fsp3) is 0.759. The lowest BCUT2D eigenvalue weighted by molar-refractivity contribution is -0.919. The minimum atomic E-state index is -1.07. The largest absolute Gasteiger partial charge is 0.475 e. The first-order valence-electron chi connectivity index (χ1n) is 14.5. The third-order valence-electron chi connectivity index (χ3n) is 6.16. The lowest BCUT2D eigenvalue weighted by Crippen LogP contribution is -2.51. The molecule has 1 aromatic rings. The molecule has 0 aliphatic carbocycles. The quantitative estimate of drug-likeness (QED) is 0.132. The summed E-state index contributed by atoms with van der Waals surface area (Å²) >= 11 is 1.12. The van der Waals surface area contributed by atoms with Crippen LogP contribution in [0, 0.1) is 0 Å². The summed E-state index contributed by atoms with van der Waals surface area (Å²) in [7, 11) is 2.00. The molecule has 41 heavy (non-hydrogen) atoms. The van der Waals surface area contributed by atoms with Gasteiger partial charge in [-0.05, 0) is 54.4 Å². The molecule has 0 bridgehead atoms. The van der Waals surface area contributed by atoms with E-state index in [0.717, 1.165) is 48.8 Å². The first-order valence-corrected chi connectivity index (χ1v) is 15.2. The molecule has 2 heterocycles. The van der Waals surface area contributed by atoms with Crippen LogP contribution in [0.3, 0.4) is 0 Å². The summed E-state index contributed by atoms with van der Waals surface area (Å²) in [5.41, 5.74) is 0.335. The van der Waals surface area contributed by atoms with Crippen molar-refractivity contribution < 1.29 is 37.8 Å². The van der Waals surface area contributed by atoms with Crippen molar-refractivity contribution in [1.29, 1.82) is 0 Å². The van der Waals surface area contributed by atoms with E-state index in [9.17, 15) is 14.4 Å². The Balaban J connectivity index is 2.02. The Hall–Kier alpha value is -2.73. The number of carbonyl (C=O) groups is 3. The van der Waals surface area contributed by atoms with Crippen LogP contribution in [0.4, 0.5) is 4.79 Å². The van der Waals surface area contributed by atoms with Crippen molar-refractivity contribution in [2.24, 2.45) is 0 Å². The normalized spacial score (nSPS) is 18.2. The zero-order valence-electron chi connectivity index (χ0n) is 26.0. The third kappa shape index (κ3) is 13.2. The molecule has 232 valence electrons. The molecule has 11 nitrogen and oxygen atoms in total. The van der Waals surface area contributed by atoms with Gasteiger partial charge in [0.15, 0.2) is 0 Å². The first kappa shape index (κ1) is 34.5. The maximum absolute atomic E-state index is 13.2. The molecule has 12 heteroatoms. The molecule has 1 aliphatic heterocycles. The van der Waals surface area contributed by atoms with Crippen LogP contribution in [-0.2, 0) is 23.8 Å². The number of unbranched alkanes of at least 4 members (excludes halogenated alkanes) is 3. The average Bonchev–Trinajstić information content (AvgIpc) is 3.31. The highest BCUT2D eigenvalue weighted by Gasteiger charge is 2.33. The summed E-state index contributed by atoms with van der Waals surface area (Å²) in [6.07, 6.45) is 6.54. The minimum absolute atomic E-state index is 0.0192. The van der Waals surface area contributed by atoms with Gasteiger partial charge in [0.25, 0.3) is 5.88 Å². The average molecular weight is 598 g/mol. The van der Waals surface area contributed by atoms with Gasteiger partial charge < -0.3 is 24.3 Å². The second-order valence-electron chi connectivity index (χ2n) is 12.8. The third-order valence-corrected chi connectivity index (χ3v) is 6.67. The van der Waals surface area contributed by atoms with E-state index >= 15 is 0 Å². The van der Waals surface area contributed by atoms with Gasteiger partial charge in [-0.3, -0.25) is 9.28 Å². The number of nitrogens with one attached hydrogen (secondary N) is 1. The Morgan fingerprint density at radius 2 is 1.76 bits per heavy atom. The number of hydrogen-bond donors (Lipinski definition) is 1. The second-order valence-corrected chi connectivity index (χ2v) is 13.3. The molecule has 0 radical (unpaired) electrons. The fourth-order valence-electron chi connectivity index (χ4n) is 4.23. The number of nitrogens with zero attached hydrogens (tertiary/aromatic N) is 3. The number of carbonyl (C=O) groups excluding carboxylic acids is 3. The van der Waals surface area contributed by atoms with Gasteiger partial charge in [-0.15, -0.1) is 4.37 Å². The molecule has 0 fully saturated rings. The topological polar surface area (TPSA) is 126 Å². The van der Waals surface area contributed by atoms with E-state index in [2.05, 4.69) is 27.1 Å². The number of aromatic nitrogens is 2. The van der Waals surface area contributed by atoms with Gasteiger partial charge >= 0.3 is 18.0 Å². The van der Waals surface area contributed by atoms with Crippen LogP contribution < -0.4 is 10.1 Å². The van der Waals surface area contributed by atoms with Crippen molar-refractivity contribution in [2.75, 3.05) is 33.5 Å². The minimum Gasteiger partial charge on any atom is -0.475 e. The van der Waals surface area contributed by atoms with Crippen LogP contribution in [0.2, 0.25) is 0 Å². The number of quaternary nitrogens is 1. The number of esters is 2. The highest BCUT2D eigenvalue weighted by molar-refractivity contribution is 6.99. The van der Waals surface area contributed by atoms with E-state index < -0.39 is 35.3 Å². The fourth-order valence-corrected chi connectivity index (χ4v) is 4.76. The van der Waals surface area contributed by atoms with Crippen molar-refractivity contribution >= 4 is 35.3 Å². The predicted molar refractivity (Wildman–Crippen MR) is 157 cm³/mol. The molecule has 0 saturated heterocycles. The van der Waals surface area contributed by atoms with E-state index in [4.69, 9.17) is 18.9 Å². The monoisotopic (exact) mass is 597 g/mol. The smallest absolute Gasteiger partial charge is 0.408 e. The van der Waals surface area contributed by atoms with E-state index in [0.29, 0.717) is 23.5 Å². The number of ether oxygens (including phenoxy) is 4. The summed E-state index contributed by atoms with van der Waals surface area (Å²) in [6, 6.07) is -1.07. The van der Waals surface area contributed by atoms with Crippen molar-refractivity contribution in [3.63, 3.8) is 0 Å². The molecule has 0 aromatic carbocycles. The lowest BCUT2D eigenvalue weighted by Gasteiger charge is -2.36. The molecule has 1 aromatic heterocycles. The maximum Gasteiger partial charge on any atom is 0.408 e. The van der Waals surface area contributed by atoms with Crippen molar-refractivity contribution in [3.05, 3.63) is 11.8 Å². The Morgan fingerprint density at radius 1 is 1.05 bits per heavy atom. The van der Waals surface area contributed by atoms with Crippen LogP contribution in [-0.4, -0.2) is 82.0 Å². The Morgan fingerprint density at radius 3 is 2.41 bits per heavy atom. The van der Waals surface area contributed by atoms with Gasteiger partial charge in [0.1, 0.15) is 29.5 Å². The zero-order chi connectivity index (χ0) is 30.7. The molecule has 0 saturated carbocycles. The zero-order valence-corrected chi connectivity index (χ0v) is 26.9. The van der Waals surface area contributed by atoms with Gasteiger partial charge in [0.05, 0.1) is 31.9 Å². The van der Waals surface area contributed by atoms with Crippen LogP contribution in [0.1, 0.15) is 99.1 Å². The number of likely N-dealkylation sites (N-methyl/N-ethyl adjacent to an activating group) is 1. The maximum atomic E-state index is 13.2. The summed E-state index contributed by atoms with van der Waals surface area (Å²) in [5.74, 6) is -0.556. The van der Waals surface area contributed by atoms with Gasteiger partial charge in [-0.2, -0.15) is 4.37 Å². The van der Waals surface area contributed by atoms with Gasteiger partial charge in [-0.25, -0.2) is 9.59 Å². The predicted octanol–water partition coefficient (Wildman–Crippen LogP) is 5.25. The highest BCUT2D eigenvalue weighted by atomic mass is 32.1. The standard InChI is InChI=1S/C29H48N4O7S/c1-9-10-11-12-18-37-25-24(31-41-32-25)21-14-13-17-33(8,19-21)20-38-26(35)22(30-27(36)40-29(5,6)7)15-16-23(34)39-28(2,3)4/h14,22H,9-13,15-20H2,1-8H3/p+1/t22-,33?/m0/s1. The molecule has 0 spiro atoms. The van der Waals surface area contributed by atoms with E-state index in [-0.39, 0.29) is 19.6 Å². The van der Waals surface area contributed by atoms with Gasteiger partial charge in [0, 0.05) is 18.4 Å². The number of hydrogen-bond acceptors (Lipinski definition) is 10. The summed E-state index contributed by atoms with van der Waals surface area (Å²) < 4.78 is 31.6. The molecule has 2 rings (SSSR count). The number of amides is 1. The first-order chi connectivity index (χ1) is 19.1. The molecular formula is C29H49N4O7S+.